The summed E-state index contributed by atoms with van der Waals surface area (Å²) in [6.07, 6.45) is 1.92. The fraction of sp³-hybridized carbons (Fsp3) is 0.455. The monoisotopic (exact) mass is 445 g/mol. The van der Waals surface area contributed by atoms with Gasteiger partial charge in [-0.3, -0.25) is 14.4 Å². The molecule has 0 aliphatic rings. The van der Waals surface area contributed by atoms with Crippen molar-refractivity contribution in [2.45, 2.75) is 57.7 Å². The minimum atomic E-state index is -1.24. The van der Waals surface area contributed by atoms with E-state index in [1.807, 2.05) is 38.1 Å². The molecule has 0 aliphatic heterocycles. The van der Waals surface area contributed by atoms with Crippen LogP contribution in [0.4, 0.5) is 0 Å². The van der Waals surface area contributed by atoms with Gasteiger partial charge in [-0.2, -0.15) is 0 Å². The van der Waals surface area contributed by atoms with Crippen molar-refractivity contribution in [2.75, 3.05) is 0 Å². The summed E-state index contributed by atoms with van der Waals surface area (Å²) in [6, 6.07) is 4.20. The molecular formula is C22H31N5O5. The highest BCUT2D eigenvalue weighted by Gasteiger charge is 2.29. The highest BCUT2D eigenvalue weighted by molar-refractivity contribution is 5.92. The van der Waals surface area contributed by atoms with E-state index in [-0.39, 0.29) is 25.2 Å². The van der Waals surface area contributed by atoms with Crippen molar-refractivity contribution < 1.29 is 24.3 Å². The van der Waals surface area contributed by atoms with Crippen molar-refractivity contribution in [3.05, 3.63) is 36.0 Å². The third-order valence-corrected chi connectivity index (χ3v) is 5.09. The summed E-state index contributed by atoms with van der Waals surface area (Å²) in [5.41, 5.74) is 12.6. The van der Waals surface area contributed by atoms with Crippen LogP contribution in [-0.4, -0.2) is 51.9 Å². The number of nitrogens with one attached hydrogen (secondary N) is 3. The Labute approximate surface area is 186 Å². The van der Waals surface area contributed by atoms with Gasteiger partial charge in [-0.05, 0) is 30.4 Å². The van der Waals surface area contributed by atoms with Gasteiger partial charge in [0.15, 0.2) is 0 Å². The summed E-state index contributed by atoms with van der Waals surface area (Å²) < 4.78 is 0. The molecule has 2 aromatic rings. The molecular weight excluding hydrogens is 414 g/mol. The predicted molar refractivity (Wildman–Crippen MR) is 119 cm³/mol. The van der Waals surface area contributed by atoms with E-state index in [9.17, 15) is 24.3 Å². The maximum absolute atomic E-state index is 12.9. The zero-order valence-electron chi connectivity index (χ0n) is 18.3. The number of aliphatic carboxylic acids is 1. The van der Waals surface area contributed by atoms with Crippen LogP contribution in [0.3, 0.4) is 0 Å². The van der Waals surface area contributed by atoms with Crippen molar-refractivity contribution in [3.8, 4) is 0 Å². The third-order valence-electron chi connectivity index (χ3n) is 5.09. The van der Waals surface area contributed by atoms with E-state index in [1.165, 1.54) is 0 Å². The Balaban J connectivity index is 2.13. The van der Waals surface area contributed by atoms with Gasteiger partial charge in [0.25, 0.3) is 0 Å². The minimum Gasteiger partial charge on any atom is -0.480 e. The van der Waals surface area contributed by atoms with Crippen LogP contribution >= 0.6 is 0 Å². The molecule has 8 N–H and O–H groups in total. The number of hydrogen-bond acceptors (Lipinski definition) is 5. The molecule has 1 aromatic heterocycles. The third kappa shape index (κ3) is 7.09. The molecule has 0 aliphatic carbocycles. The Hall–Kier alpha value is -3.40. The average molecular weight is 446 g/mol. The van der Waals surface area contributed by atoms with E-state index in [0.29, 0.717) is 6.42 Å². The van der Waals surface area contributed by atoms with Crippen LogP contribution in [0.25, 0.3) is 10.9 Å². The number of fused-ring (bicyclic) bond motifs is 1. The normalized spacial score (nSPS) is 14.0. The molecule has 0 bridgehead atoms. The summed E-state index contributed by atoms with van der Waals surface area (Å²) in [4.78, 5) is 51.4. The SMILES string of the molecule is CC(C)C[C@H](N)C(=O)N[C@@H](CCC(N)=O)C(=O)N[C@@H](Cc1c[nH]c2ccccc12)C(=O)O. The number of aromatic amines is 1. The zero-order valence-corrected chi connectivity index (χ0v) is 18.3. The lowest BCUT2D eigenvalue weighted by atomic mass is 10.0. The molecule has 0 saturated heterocycles. The van der Waals surface area contributed by atoms with Gasteiger partial charge < -0.3 is 32.2 Å². The average Bonchev–Trinajstić information content (AvgIpc) is 3.12. The highest BCUT2D eigenvalue weighted by Crippen LogP contribution is 2.19. The quantitative estimate of drug-likeness (QED) is 0.275. The van der Waals surface area contributed by atoms with E-state index in [2.05, 4.69) is 15.6 Å². The molecule has 10 heteroatoms. The molecule has 0 spiro atoms. The minimum absolute atomic E-state index is 0.0361. The van der Waals surface area contributed by atoms with Crippen LogP contribution in [0.2, 0.25) is 0 Å². The molecule has 3 amide bonds. The molecule has 3 atom stereocenters. The Morgan fingerprint density at radius 1 is 1.06 bits per heavy atom. The van der Waals surface area contributed by atoms with Crippen molar-refractivity contribution in [3.63, 3.8) is 0 Å². The first-order valence-electron chi connectivity index (χ1n) is 10.5. The number of carboxylic acid groups (broad SMARTS) is 1. The Bertz CT molecular complexity index is 971. The van der Waals surface area contributed by atoms with Gasteiger partial charge in [0.05, 0.1) is 6.04 Å². The second kappa shape index (κ2) is 11.3. The van der Waals surface area contributed by atoms with Gasteiger partial charge in [0, 0.05) is 29.9 Å². The van der Waals surface area contributed by atoms with E-state index in [1.54, 1.807) is 6.20 Å². The summed E-state index contributed by atoms with van der Waals surface area (Å²) in [7, 11) is 0. The Morgan fingerprint density at radius 2 is 1.72 bits per heavy atom. The first-order valence-corrected chi connectivity index (χ1v) is 10.5. The van der Waals surface area contributed by atoms with Crippen LogP contribution in [-0.2, 0) is 25.6 Å². The number of carboxylic acids is 1. The summed E-state index contributed by atoms with van der Waals surface area (Å²) in [5, 5.41) is 15.5. The molecule has 0 saturated carbocycles. The lowest BCUT2D eigenvalue weighted by molar-refractivity contribution is -0.142. The maximum atomic E-state index is 12.9. The number of carbonyl (C=O) groups is 4. The molecule has 174 valence electrons. The summed E-state index contributed by atoms with van der Waals surface area (Å²) >= 11 is 0. The van der Waals surface area contributed by atoms with E-state index in [0.717, 1.165) is 16.5 Å². The van der Waals surface area contributed by atoms with Gasteiger partial charge in [0.2, 0.25) is 17.7 Å². The van der Waals surface area contributed by atoms with Crippen LogP contribution in [0.15, 0.2) is 30.5 Å². The van der Waals surface area contributed by atoms with E-state index < -0.39 is 41.8 Å². The van der Waals surface area contributed by atoms with Crippen molar-refractivity contribution in [2.24, 2.45) is 17.4 Å². The number of rotatable bonds is 12. The van der Waals surface area contributed by atoms with Gasteiger partial charge >= 0.3 is 5.97 Å². The van der Waals surface area contributed by atoms with Gasteiger partial charge in [-0.25, -0.2) is 4.79 Å². The molecule has 0 unspecified atom stereocenters. The number of primary amides is 1. The first kappa shape index (κ1) is 24.9. The second-order valence-electron chi connectivity index (χ2n) is 8.27. The van der Waals surface area contributed by atoms with Crippen LogP contribution in [0.5, 0.6) is 0 Å². The van der Waals surface area contributed by atoms with Gasteiger partial charge in [-0.15, -0.1) is 0 Å². The Morgan fingerprint density at radius 3 is 2.34 bits per heavy atom. The number of carbonyl (C=O) groups excluding carboxylic acids is 3. The smallest absolute Gasteiger partial charge is 0.326 e. The number of para-hydroxylation sites is 1. The van der Waals surface area contributed by atoms with Crippen molar-refractivity contribution >= 4 is 34.6 Å². The van der Waals surface area contributed by atoms with E-state index in [4.69, 9.17) is 11.5 Å². The molecule has 10 nitrogen and oxygen atoms in total. The second-order valence-corrected chi connectivity index (χ2v) is 8.27. The van der Waals surface area contributed by atoms with Crippen LogP contribution < -0.4 is 22.1 Å². The lowest BCUT2D eigenvalue weighted by Gasteiger charge is -2.23. The highest BCUT2D eigenvalue weighted by atomic mass is 16.4. The summed E-state index contributed by atoms with van der Waals surface area (Å²) in [6.45, 7) is 3.82. The molecule has 2 rings (SSSR count). The number of H-pyrrole nitrogens is 1. The molecule has 0 radical (unpaired) electrons. The zero-order chi connectivity index (χ0) is 23.8. The van der Waals surface area contributed by atoms with Crippen molar-refractivity contribution in [1.29, 1.82) is 0 Å². The molecule has 1 heterocycles. The number of amides is 3. The first-order chi connectivity index (χ1) is 15.1. The van der Waals surface area contributed by atoms with Crippen LogP contribution in [0, 0.1) is 5.92 Å². The van der Waals surface area contributed by atoms with Gasteiger partial charge in [0.1, 0.15) is 12.1 Å². The lowest BCUT2D eigenvalue weighted by Crippen LogP contribution is -2.55. The number of nitrogens with two attached hydrogens (primary N) is 2. The molecule has 0 fully saturated rings. The largest absolute Gasteiger partial charge is 0.480 e. The number of aromatic nitrogens is 1. The fourth-order valence-corrected chi connectivity index (χ4v) is 3.44. The Kier molecular flexibility index (Phi) is 8.77. The maximum Gasteiger partial charge on any atom is 0.326 e. The fourth-order valence-electron chi connectivity index (χ4n) is 3.44. The van der Waals surface area contributed by atoms with Gasteiger partial charge in [-0.1, -0.05) is 32.0 Å². The van der Waals surface area contributed by atoms with E-state index >= 15 is 0 Å². The predicted octanol–water partition coefficient (Wildman–Crippen LogP) is 0.404. The van der Waals surface area contributed by atoms with Crippen molar-refractivity contribution in [1.82, 2.24) is 15.6 Å². The molecule has 32 heavy (non-hydrogen) atoms. The van der Waals surface area contributed by atoms with Crippen LogP contribution in [0.1, 0.15) is 38.7 Å². The summed E-state index contributed by atoms with van der Waals surface area (Å²) in [5.74, 6) is -2.96. The standard InChI is InChI=1S/C22H31N5O5/c1-12(2)9-15(23)20(29)26-17(7-8-19(24)28)21(30)27-18(22(31)32)10-13-11-25-16-6-4-3-5-14(13)16/h3-6,11-12,15,17-18,25H,7-10,23H2,1-2H3,(H2,24,28)(H,26,29)(H,27,30)(H,31,32)/t15-,17-,18-/m0/s1. The number of benzene rings is 1. The number of hydrogen-bond donors (Lipinski definition) is 6. The topological polar surface area (TPSA) is 180 Å². The molecule has 1 aromatic carbocycles.